The number of rotatable bonds is 3. The van der Waals surface area contributed by atoms with E-state index in [-0.39, 0.29) is 30.2 Å². The summed E-state index contributed by atoms with van der Waals surface area (Å²) in [6.45, 7) is 2.88. The normalized spacial score (nSPS) is 20.4. The Bertz CT molecular complexity index is 982. The van der Waals surface area contributed by atoms with E-state index in [9.17, 15) is 9.59 Å². The van der Waals surface area contributed by atoms with Crippen LogP contribution in [0.2, 0.25) is 0 Å². The van der Waals surface area contributed by atoms with Crippen LogP contribution < -0.4 is 5.56 Å². The van der Waals surface area contributed by atoms with E-state index in [2.05, 4.69) is 4.98 Å². The molecule has 2 unspecified atom stereocenters. The van der Waals surface area contributed by atoms with Gasteiger partial charge in [-0.2, -0.15) is 0 Å². The molecule has 3 heterocycles. The van der Waals surface area contributed by atoms with E-state index >= 15 is 0 Å². The van der Waals surface area contributed by atoms with Gasteiger partial charge in [-0.15, -0.1) is 11.3 Å². The van der Waals surface area contributed by atoms with Crippen molar-refractivity contribution in [1.29, 1.82) is 0 Å². The van der Waals surface area contributed by atoms with Gasteiger partial charge in [-0.3, -0.25) is 14.2 Å². The van der Waals surface area contributed by atoms with Crippen LogP contribution in [0.1, 0.15) is 18.5 Å². The van der Waals surface area contributed by atoms with Gasteiger partial charge in [0.05, 0.1) is 30.5 Å². The number of nitrogens with zero attached hydrogens (tertiary/aromatic N) is 3. The molecule has 0 bridgehead atoms. The van der Waals surface area contributed by atoms with Crippen molar-refractivity contribution in [2.75, 3.05) is 13.2 Å². The molecule has 26 heavy (non-hydrogen) atoms. The molecule has 1 aliphatic heterocycles. The Hall–Kier alpha value is -2.51. The molecule has 4 rings (SSSR count). The monoisotopic (exact) mass is 369 g/mol. The number of hydrogen-bond acceptors (Lipinski definition) is 5. The molecule has 3 aromatic rings. The predicted octanol–water partition coefficient (Wildman–Crippen LogP) is 2.45. The van der Waals surface area contributed by atoms with Crippen LogP contribution in [0.15, 0.2) is 52.9 Å². The fourth-order valence-corrected chi connectivity index (χ4v) is 4.00. The first-order valence-corrected chi connectivity index (χ1v) is 9.40. The van der Waals surface area contributed by atoms with Crippen molar-refractivity contribution in [2.24, 2.45) is 0 Å². The minimum absolute atomic E-state index is 0.0202. The van der Waals surface area contributed by atoms with Gasteiger partial charge in [-0.25, -0.2) is 4.98 Å². The summed E-state index contributed by atoms with van der Waals surface area (Å²) < 4.78 is 7.16. The third-order valence-electron chi connectivity index (χ3n) is 4.63. The Labute approximate surface area is 154 Å². The summed E-state index contributed by atoms with van der Waals surface area (Å²) in [5.74, 6) is -0.104. The average Bonchev–Trinajstić information content (AvgIpc) is 3.14. The molecule has 7 heteroatoms. The van der Waals surface area contributed by atoms with E-state index in [1.165, 1.54) is 22.2 Å². The summed E-state index contributed by atoms with van der Waals surface area (Å²) >= 11 is 1.42. The van der Waals surface area contributed by atoms with Crippen molar-refractivity contribution in [3.05, 3.63) is 64.0 Å². The molecule has 1 fully saturated rings. The molecule has 0 spiro atoms. The highest BCUT2D eigenvalue weighted by molar-refractivity contribution is 7.16. The first kappa shape index (κ1) is 16.9. The van der Waals surface area contributed by atoms with Gasteiger partial charge in [0.1, 0.15) is 11.4 Å². The molecule has 1 aliphatic rings. The van der Waals surface area contributed by atoms with Gasteiger partial charge in [-0.1, -0.05) is 30.3 Å². The summed E-state index contributed by atoms with van der Waals surface area (Å²) in [4.78, 5) is 32.4. The molecule has 1 saturated heterocycles. The Morgan fingerprint density at radius 2 is 2.12 bits per heavy atom. The van der Waals surface area contributed by atoms with Crippen LogP contribution >= 0.6 is 11.3 Å². The molecule has 0 radical (unpaired) electrons. The van der Waals surface area contributed by atoms with Gasteiger partial charge in [-0.05, 0) is 23.9 Å². The quantitative estimate of drug-likeness (QED) is 0.711. The number of thiophene rings is 1. The van der Waals surface area contributed by atoms with Gasteiger partial charge >= 0.3 is 0 Å². The highest BCUT2D eigenvalue weighted by Crippen LogP contribution is 2.26. The second-order valence-corrected chi connectivity index (χ2v) is 7.33. The highest BCUT2D eigenvalue weighted by Gasteiger charge is 2.31. The number of amides is 1. The fraction of sp³-hybridized carbons (Fsp3) is 0.316. The maximum absolute atomic E-state index is 13.0. The second kappa shape index (κ2) is 7.01. The van der Waals surface area contributed by atoms with Crippen LogP contribution in [0, 0.1) is 0 Å². The summed E-state index contributed by atoms with van der Waals surface area (Å²) in [5.41, 5.74) is 0.855. The molecule has 134 valence electrons. The average molecular weight is 369 g/mol. The second-order valence-electron chi connectivity index (χ2n) is 6.43. The topological polar surface area (TPSA) is 64.4 Å². The zero-order valence-electron chi connectivity index (χ0n) is 14.4. The number of fused-ring (bicyclic) bond motifs is 1. The zero-order valence-corrected chi connectivity index (χ0v) is 15.2. The van der Waals surface area contributed by atoms with Crippen molar-refractivity contribution in [1.82, 2.24) is 14.5 Å². The third-order valence-corrected chi connectivity index (χ3v) is 5.45. The third kappa shape index (κ3) is 3.15. The lowest BCUT2D eigenvalue weighted by Gasteiger charge is -2.39. The smallest absolute Gasteiger partial charge is 0.262 e. The number of morpholine rings is 1. The van der Waals surface area contributed by atoms with Crippen molar-refractivity contribution in [3.8, 4) is 0 Å². The van der Waals surface area contributed by atoms with Gasteiger partial charge in [0, 0.05) is 6.54 Å². The lowest BCUT2D eigenvalue weighted by Crippen LogP contribution is -2.48. The van der Waals surface area contributed by atoms with E-state index in [1.807, 2.05) is 47.5 Å². The van der Waals surface area contributed by atoms with Gasteiger partial charge in [0.15, 0.2) is 0 Å². The molecule has 0 N–H and O–H groups in total. The van der Waals surface area contributed by atoms with Gasteiger partial charge < -0.3 is 9.64 Å². The standard InChI is InChI=1S/C19H19N3O3S/c1-13-9-22(16(11-25-13)14-5-3-2-4-6-14)17(23)10-21-12-20-18-15(19(21)24)7-8-26-18/h2-8,12-13,16H,9-11H2,1H3. The van der Waals surface area contributed by atoms with Gasteiger partial charge in [0.2, 0.25) is 5.91 Å². The summed E-state index contributed by atoms with van der Waals surface area (Å²) in [5, 5.41) is 2.39. The van der Waals surface area contributed by atoms with Gasteiger partial charge in [0.25, 0.3) is 5.56 Å². The van der Waals surface area contributed by atoms with Crippen LogP contribution in [0.3, 0.4) is 0 Å². The molecular weight excluding hydrogens is 350 g/mol. The Morgan fingerprint density at radius 1 is 1.31 bits per heavy atom. The summed E-state index contributed by atoms with van der Waals surface area (Å²) in [7, 11) is 0. The maximum atomic E-state index is 13.0. The molecule has 2 atom stereocenters. The predicted molar refractivity (Wildman–Crippen MR) is 100 cm³/mol. The Balaban J connectivity index is 1.61. The SMILES string of the molecule is CC1CN(C(=O)Cn2cnc3sccc3c2=O)C(c2ccccc2)CO1. The molecule has 2 aromatic heterocycles. The lowest BCUT2D eigenvalue weighted by molar-refractivity contribution is -0.145. The lowest BCUT2D eigenvalue weighted by atomic mass is 10.0. The van der Waals surface area contributed by atoms with Crippen LogP contribution in [-0.4, -0.2) is 39.6 Å². The Morgan fingerprint density at radius 3 is 2.92 bits per heavy atom. The van der Waals surface area contributed by atoms with Crippen LogP contribution in [0.5, 0.6) is 0 Å². The molecular formula is C19H19N3O3S. The van der Waals surface area contributed by atoms with Crippen LogP contribution in [0.4, 0.5) is 0 Å². The largest absolute Gasteiger partial charge is 0.374 e. The first-order chi connectivity index (χ1) is 12.6. The highest BCUT2D eigenvalue weighted by atomic mass is 32.1. The molecule has 1 amide bonds. The minimum atomic E-state index is -0.179. The zero-order chi connectivity index (χ0) is 18.1. The van der Waals surface area contributed by atoms with Crippen molar-refractivity contribution >= 4 is 27.5 Å². The molecule has 0 saturated carbocycles. The number of carbonyl (C=O) groups is 1. The van der Waals surface area contributed by atoms with Crippen LogP contribution in [-0.2, 0) is 16.1 Å². The Kier molecular flexibility index (Phi) is 4.57. The minimum Gasteiger partial charge on any atom is -0.374 e. The maximum Gasteiger partial charge on any atom is 0.262 e. The van der Waals surface area contributed by atoms with E-state index in [0.29, 0.717) is 23.4 Å². The summed E-state index contributed by atoms with van der Waals surface area (Å²) in [6, 6.07) is 11.5. The molecule has 1 aromatic carbocycles. The molecule has 0 aliphatic carbocycles. The number of ether oxygens (including phenoxy) is 1. The van der Waals surface area contributed by atoms with E-state index in [0.717, 1.165) is 5.56 Å². The van der Waals surface area contributed by atoms with Crippen molar-refractivity contribution in [2.45, 2.75) is 25.6 Å². The van der Waals surface area contributed by atoms with E-state index < -0.39 is 0 Å². The number of hydrogen-bond donors (Lipinski definition) is 0. The number of benzene rings is 1. The fourth-order valence-electron chi connectivity index (χ4n) is 3.27. The van der Waals surface area contributed by atoms with E-state index in [1.54, 1.807) is 6.07 Å². The summed E-state index contributed by atoms with van der Waals surface area (Å²) in [6.07, 6.45) is 1.42. The van der Waals surface area contributed by atoms with Crippen molar-refractivity contribution < 1.29 is 9.53 Å². The number of carbonyl (C=O) groups excluding carboxylic acids is 1. The number of aromatic nitrogens is 2. The first-order valence-electron chi connectivity index (χ1n) is 8.52. The van der Waals surface area contributed by atoms with Crippen molar-refractivity contribution in [3.63, 3.8) is 0 Å². The van der Waals surface area contributed by atoms with Crippen LogP contribution in [0.25, 0.3) is 10.2 Å². The van der Waals surface area contributed by atoms with E-state index in [4.69, 9.17) is 4.74 Å². The molecule has 6 nitrogen and oxygen atoms in total.